The fourth-order valence-electron chi connectivity index (χ4n) is 3.25. The lowest BCUT2D eigenvalue weighted by molar-refractivity contribution is 1.27. The molecule has 0 aliphatic carbocycles. The van der Waals surface area contributed by atoms with Crippen LogP contribution in [0.2, 0.25) is 0 Å². The molecule has 5 aromatic rings. The standard InChI is InChI=1S/C21H13IN4S/c1-12-16-20(15(22)21-17(12)25-27-26-21)24-19(14-10-6-3-7-11-14)18(23-16)13-8-4-2-5-9-13/h2-11H,1H3. The first-order valence-electron chi connectivity index (χ1n) is 8.47. The quantitative estimate of drug-likeness (QED) is 0.296. The second-order valence-corrected chi connectivity index (χ2v) is 7.86. The van der Waals surface area contributed by atoms with Crippen molar-refractivity contribution in [2.45, 2.75) is 6.92 Å². The van der Waals surface area contributed by atoms with Crippen molar-refractivity contribution in [3.05, 3.63) is 69.8 Å². The van der Waals surface area contributed by atoms with E-state index in [-0.39, 0.29) is 0 Å². The summed E-state index contributed by atoms with van der Waals surface area (Å²) in [6.45, 7) is 2.05. The Morgan fingerprint density at radius 1 is 0.667 bits per heavy atom. The van der Waals surface area contributed by atoms with Gasteiger partial charge in [0.25, 0.3) is 0 Å². The smallest absolute Gasteiger partial charge is 0.120 e. The molecule has 0 saturated heterocycles. The molecule has 4 nitrogen and oxygen atoms in total. The zero-order valence-corrected chi connectivity index (χ0v) is 17.3. The van der Waals surface area contributed by atoms with E-state index in [0.29, 0.717) is 0 Å². The van der Waals surface area contributed by atoms with Crippen molar-refractivity contribution in [3.8, 4) is 22.5 Å². The zero-order valence-electron chi connectivity index (χ0n) is 14.3. The van der Waals surface area contributed by atoms with E-state index in [0.717, 1.165) is 53.7 Å². The number of rotatable bonds is 2. The maximum absolute atomic E-state index is 5.08. The molecule has 0 N–H and O–H groups in total. The lowest BCUT2D eigenvalue weighted by Crippen LogP contribution is -1.99. The van der Waals surface area contributed by atoms with Crippen LogP contribution >= 0.6 is 34.3 Å². The lowest BCUT2D eigenvalue weighted by Gasteiger charge is -2.13. The highest BCUT2D eigenvalue weighted by molar-refractivity contribution is 14.1. The Morgan fingerprint density at radius 2 is 1.19 bits per heavy atom. The fraction of sp³-hybridized carbons (Fsp3) is 0.0476. The van der Waals surface area contributed by atoms with E-state index in [4.69, 9.17) is 9.97 Å². The third kappa shape index (κ3) is 2.71. The van der Waals surface area contributed by atoms with Crippen LogP contribution in [0.3, 0.4) is 0 Å². The predicted molar refractivity (Wildman–Crippen MR) is 119 cm³/mol. The molecule has 0 atom stereocenters. The third-order valence-electron chi connectivity index (χ3n) is 4.61. The molecule has 0 bridgehead atoms. The van der Waals surface area contributed by atoms with Crippen LogP contribution in [0.5, 0.6) is 0 Å². The number of nitrogens with zero attached hydrogens (tertiary/aromatic N) is 4. The Labute approximate surface area is 173 Å². The van der Waals surface area contributed by atoms with E-state index >= 15 is 0 Å². The molecule has 0 unspecified atom stereocenters. The van der Waals surface area contributed by atoms with Crippen molar-refractivity contribution in [2.75, 3.05) is 0 Å². The molecule has 130 valence electrons. The third-order valence-corrected chi connectivity index (χ3v) is 6.16. The summed E-state index contributed by atoms with van der Waals surface area (Å²) in [4.78, 5) is 10.2. The van der Waals surface area contributed by atoms with Gasteiger partial charge in [-0.3, -0.25) is 0 Å². The van der Waals surface area contributed by atoms with Gasteiger partial charge in [-0.2, -0.15) is 8.75 Å². The minimum absolute atomic E-state index is 0.881. The maximum atomic E-state index is 5.08. The van der Waals surface area contributed by atoms with Gasteiger partial charge in [0.1, 0.15) is 16.6 Å². The first-order chi connectivity index (χ1) is 13.2. The summed E-state index contributed by atoms with van der Waals surface area (Å²) in [5.74, 6) is 0. The number of hydrogen-bond acceptors (Lipinski definition) is 5. The predicted octanol–water partition coefficient (Wildman–Crippen LogP) is 5.88. The van der Waals surface area contributed by atoms with Gasteiger partial charge in [-0.15, -0.1) is 0 Å². The Hall–Kier alpha value is -2.45. The first-order valence-corrected chi connectivity index (χ1v) is 10.3. The van der Waals surface area contributed by atoms with Gasteiger partial charge in [-0.05, 0) is 29.5 Å². The molecule has 0 aliphatic heterocycles. The summed E-state index contributed by atoms with van der Waals surface area (Å²) in [5, 5.41) is 0. The van der Waals surface area contributed by atoms with Gasteiger partial charge in [0.15, 0.2) is 0 Å². The Balaban J connectivity index is 1.94. The molecule has 27 heavy (non-hydrogen) atoms. The average molecular weight is 480 g/mol. The van der Waals surface area contributed by atoms with E-state index in [1.165, 1.54) is 11.7 Å². The van der Waals surface area contributed by atoms with Crippen LogP contribution in [0, 0.1) is 10.5 Å². The van der Waals surface area contributed by atoms with E-state index in [9.17, 15) is 0 Å². The van der Waals surface area contributed by atoms with Crippen molar-refractivity contribution in [1.29, 1.82) is 0 Å². The summed E-state index contributed by atoms with van der Waals surface area (Å²) in [6, 6.07) is 20.4. The van der Waals surface area contributed by atoms with Crippen molar-refractivity contribution in [2.24, 2.45) is 0 Å². The van der Waals surface area contributed by atoms with Crippen molar-refractivity contribution < 1.29 is 0 Å². The second kappa shape index (κ2) is 6.61. The molecule has 0 aliphatic rings. The van der Waals surface area contributed by atoms with Crippen LogP contribution in [0.4, 0.5) is 0 Å². The molecule has 2 heterocycles. The van der Waals surface area contributed by atoms with Crippen LogP contribution in [0.25, 0.3) is 44.6 Å². The van der Waals surface area contributed by atoms with E-state index in [2.05, 4.69) is 55.6 Å². The van der Waals surface area contributed by atoms with Crippen molar-refractivity contribution >= 4 is 56.4 Å². The van der Waals surface area contributed by atoms with Gasteiger partial charge in [0.2, 0.25) is 0 Å². The Bertz CT molecular complexity index is 1180. The van der Waals surface area contributed by atoms with Crippen LogP contribution in [-0.4, -0.2) is 18.7 Å². The Morgan fingerprint density at radius 3 is 1.78 bits per heavy atom. The fourth-order valence-corrected chi connectivity index (χ4v) is 4.77. The number of hydrogen-bond donors (Lipinski definition) is 0. The molecule has 0 saturated carbocycles. The molecule has 0 spiro atoms. The molecular weight excluding hydrogens is 467 g/mol. The molecule has 0 amide bonds. The van der Waals surface area contributed by atoms with Gasteiger partial charge in [-0.25, -0.2) is 9.97 Å². The SMILES string of the molecule is Cc1c2nsnc2c(I)c2nc(-c3ccccc3)c(-c3ccccc3)nc12. The van der Waals surface area contributed by atoms with E-state index in [1.807, 2.05) is 43.3 Å². The highest BCUT2D eigenvalue weighted by Crippen LogP contribution is 2.36. The van der Waals surface area contributed by atoms with E-state index < -0.39 is 0 Å². The van der Waals surface area contributed by atoms with Gasteiger partial charge < -0.3 is 0 Å². The van der Waals surface area contributed by atoms with Crippen molar-refractivity contribution in [3.63, 3.8) is 0 Å². The first kappa shape index (κ1) is 16.7. The average Bonchev–Trinajstić information content (AvgIpc) is 3.23. The molecule has 6 heteroatoms. The minimum atomic E-state index is 0.881. The number of fused-ring (bicyclic) bond motifs is 2. The Kier molecular flexibility index (Phi) is 4.09. The normalized spacial score (nSPS) is 11.3. The summed E-state index contributed by atoms with van der Waals surface area (Å²) >= 11 is 3.55. The molecule has 3 aromatic carbocycles. The number of aryl methyl sites for hydroxylation is 1. The highest BCUT2D eigenvalue weighted by atomic mass is 127. The second-order valence-electron chi connectivity index (χ2n) is 6.25. The summed E-state index contributed by atoms with van der Waals surface area (Å²) in [7, 11) is 0. The van der Waals surface area contributed by atoms with Crippen LogP contribution < -0.4 is 0 Å². The van der Waals surface area contributed by atoms with Crippen molar-refractivity contribution in [1.82, 2.24) is 18.7 Å². The molecular formula is C21H13IN4S. The highest BCUT2D eigenvalue weighted by Gasteiger charge is 2.19. The molecule has 2 aromatic heterocycles. The molecule has 0 fully saturated rings. The lowest BCUT2D eigenvalue weighted by atomic mass is 10.0. The van der Waals surface area contributed by atoms with Gasteiger partial charge in [0.05, 0.1) is 32.2 Å². The largest absolute Gasteiger partial charge is 0.243 e. The van der Waals surface area contributed by atoms with Crippen LogP contribution in [0.15, 0.2) is 60.7 Å². The van der Waals surface area contributed by atoms with Crippen LogP contribution in [-0.2, 0) is 0 Å². The molecule has 0 radical (unpaired) electrons. The number of aromatic nitrogens is 4. The zero-order chi connectivity index (χ0) is 18.4. The number of benzene rings is 3. The van der Waals surface area contributed by atoms with Crippen LogP contribution in [0.1, 0.15) is 5.56 Å². The summed E-state index contributed by atoms with van der Waals surface area (Å²) < 4.78 is 9.94. The minimum Gasteiger partial charge on any atom is -0.243 e. The number of halogens is 1. The maximum Gasteiger partial charge on any atom is 0.120 e. The van der Waals surface area contributed by atoms with E-state index in [1.54, 1.807) is 0 Å². The van der Waals surface area contributed by atoms with Gasteiger partial charge >= 0.3 is 0 Å². The summed E-state index contributed by atoms with van der Waals surface area (Å²) in [6.07, 6.45) is 0. The van der Waals surface area contributed by atoms with Gasteiger partial charge in [-0.1, -0.05) is 60.7 Å². The van der Waals surface area contributed by atoms with Gasteiger partial charge in [0, 0.05) is 16.7 Å². The molecule has 5 rings (SSSR count). The topological polar surface area (TPSA) is 51.6 Å². The summed E-state index contributed by atoms with van der Waals surface area (Å²) in [5.41, 5.74) is 8.49. The monoisotopic (exact) mass is 480 g/mol.